The topological polar surface area (TPSA) is 12.5 Å². The fraction of sp³-hybridized carbons (Fsp3) is 0.125. The van der Waals surface area contributed by atoms with Gasteiger partial charge < -0.3 is 9.64 Å². The van der Waals surface area contributed by atoms with Gasteiger partial charge in [0, 0.05) is 33.5 Å². The Morgan fingerprint density at radius 2 is 1.24 bits per heavy atom. The molecule has 50 heavy (non-hydrogen) atoms. The van der Waals surface area contributed by atoms with Crippen molar-refractivity contribution in [3.05, 3.63) is 203 Å². The van der Waals surface area contributed by atoms with Crippen LogP contribution in [0.2, 0.25) is 0 Å². The highest BCUT2D eigenvalue weighted by atomic mass is 16.5. The number of para-hydroxylation sites is 2. The molecule has 3 aliphatic rings. The highest BCUT2D eigenvalue weighted by Gasteiger charge is 2.52. The third kappa shape index (κ3) is 4.02. The van der Waals surface area contributed by atoms with Crippen molar-refractivity contribution in [3.63, 3.8) is 0 Å². The number of hydrogen-bond donors (Lipinski definition) is 0. The Labute approximate surface area is 295 Å². The van der Waals surface area contributed by atoms with Crippen molar-refractivity contribution in [2.75, 3.05) is 4.90 Å². The van der Waals surface area contributed by atoms with Crippen LogP contribution in [0.25, 0.3) is 16.7 Å². The lowest BCUT2D eigenvalue weighted by molar-refractivity contribution is 0.436. The second-order valence-electron chi connectivity index (χ2n) is 14.1. The summed E-state index contributed by atoms with van der Waals surface area (Å²) >= 11 is 0. The van der Waals surface area contributed by atoms with Crippen LogP contribution in [0.4, 0.5) is 17.1 Å². The molecule has 0 fully saturated rings. The Bertz CT molecular complexity index is 2380. The van der Waals surface area contributed by atoms with Crippen molar-refractivity contribution < 1.29 is 4.74 Å². The molecule has 242 valence electrons. The lowest BCUT2D eigenvalue weighted by atomic mass is 9.65. The third-order valence-corrected chi connectivity index (χ3v) is 11.1. The molecule has 0 bridgehead atoms. The summed E-state index contributed by atoms with van der Waals surface area (Å²) in [7, 11) is 0. The lowest BCUT2D eigenvalue weighted by Gasteiger charge is -2.41. The van der Waals surface area contributed by atoms with Crippen molar-refractivity contribution in [2.24, 2.45) is 0 Å². The summed E-state index contributed by atoms with van der Waals surface area (Å²) in [6, 6.07) is 48.9. The molecule has 9 rings (SSSR count). The minimum absolute atomic E-state index is 0.186. The predicted molar refractivity (Wildman–Crippen MR) is 208 cm³/mol. The first-order chi connectivity index (χ1) is 24.4. The van der Waals surface area contributed by atoms with E-state index in [1.54, 1.807) is 0 Å². The number of anilines is 3. The standard InChI is InChI=1S/C48H39NO/c1-6-15-38-34(7-2)36-29-28-33(30-42(36)47(38,4)5)49(32-26-24-31(3)25-27-32)43-21-14-17-37-35-16-8-9-18-39(35)48(46(37)43)40-19-10-12-22-44(40)50-45-23-13-11-20-41(45)48/h6-30H,2H2,1,3-5H3/b15-6-. The van der Waals surface area contributed by atoms with Gasteiger partial charge in [-0.15, -0.1) is 0 Å². The maximum Gasteiger partial charge on any atom is 0.132 e. The number of aryl methyl sites for hydroxylation is 1. The van der Waals surface area contributed by atoms with Crippen molar-refractivity contribution in [3.8, 4) is 22.6 Å². The van der Waals surface area contributed by atoms with E-state index in [0.717, 1.165) is 39.7 Å². The molecule has 1 aliphatic heterocycles. The van der Waals surface area contributed by atoms with Crippen LogP contribution in [0.3, 0.4) is 0 Å². The summed E-state index contributed by atoms with van der Waals surface area (Å²) in [4.78, 5) is 2.48. The largest absolute Gasteiger partial charge is 0.457 e. The fourth-order valence-electron chi connectivity index (χ4n) is 8.93. The quantitative estimate of drug-likeness (QED) is 0.185. The molecule has 0 saturated heterocycles. The third-order valence-electron chi connectivity index (χ3n) is 11.1. The number of ether oxygens (including phenoxy) is 1. The molecule has 0 radical (unpaired) electrons. The van der Waals surface area contributed by atoms with Gasteiger partial charge in [0.25, 0.3) is 0 Å². The molecule has 2 aliphatic carbocycles. The van der Waals surface area contributed by atoms with Crippen molar-refractivity contribution >= 4 is 22.6 Å². The average molecular weight is 646 g/mol. The number of nitrogens with zero attached hydrogens (tertiary/aromatic N) is 1. The summed E-state index contributed by atoms with van der Waals surface area (Å²) in [5, 5.41) is 0. The Morgan fingerprint density at radius 1 is 0.620 bits per heavy atom. The van der Waals surface area contributed by atoms with E-state index in [-0.39, 0.29) is 5.41 Å². The van der Waals surface area contributed by atoms with Gasteiger partial charge in [-0.25, -0.2) is 0 Å². The second kappa shape index (κ2) is 11.1. The molecule has 6 aromatic carbocycles. The summed E-state index contributed by atoms with van der Waals surface area (Å²) < 4.78 is 6.67. The fourth-order valence-corrected chi connectivity index (χ4v) is 8.93. The molecular weight excluding hydrogens is 607 g/mol. The van der Waals surface area contributed by atoms with Gasteiger partial charge in [-0.3, -0.25) is 0 Å². The van der Waals surface area contributed by atoms with Crippen molar-refractivity contribution in [1.29, 1.82) is 0 Å². The summed E-state index contributed by atoms with van der Waals surface area (Å²) in [5.74, 6) is 1.79. The first kappa shape index (κ1) is 30.2. The normalized spacial score (nSPS) is 15.6. The minimum Gasteiger partial charge on any atom is -0.457 e. The highest BCUT2D eigenvalue weighted by Crippen LogP contribution is 2.64. The van der Waals surface area contributed by atoms with E-state index in [1.807, 2.05) is 6.08 Å². The number of fused-ring (bicyclic) bond motifs is 10. The number of benzene rings is 6. The highest BCUT2D eigenvalue weighted by molar-refractivity contribution is 5.96. The maximum atomic E-state index is 6.67. The number of rotatable bonds is 5. The van der Waals surface area contributed by atoms with E-state index in [2.05, 4.69) is 185 Å². The molecule has 2 heteroatoms. The molecule has 0 unspecified atom stereocenters. The predicted octanol–water partition coefficient (Wildman–Crippen LogP) is 12.7. The van der Waals surface area contributed by atoms with Crippen LogP contribution in [0.15, 0.2) is 164 Å². The van der Waals surface area contributed by atoms with Gasteiger partial charge in [0.2, 0.25) is 0 Å². The maximum absolute atomic E-state index is 6.67. The summed E-state index contributed by atoms with van der Waals surface area (Å²) in [5.41, 5.74) is 16.3. The van der Waals surface area contributed by atoms with Gasteiger partial charge in [-0.2, -0.15) is 0 Å². The van der Waals surface area contributed by atoms with E-state index in [0.29, 0.717) is 0 Å². The minimum atomic E-state index is -0.594. The molecule has 0 amide bonds. The zero-order valence-electron chi connectivity index (χ0n) is 29.0. The molecule has 1 heterocycles. The zero-order valence-corrected chi connectivity index (χ0v) is 29.0. The van der Waals surface area contributed by atoms with E-state index in [4.69, 9.17) is 4.74 Å². The molecule has 2 nitrogen and oxygen atoms in total. The summed E-state index contributed by atoms with van der Waals surface area (Å²) in [6.07, 6.45) is 6.41. The lowest BCUT2D eigenvalue weighted by Crippen LogP contribution is -2.33. The Balaban J connectivity index is 1.38. The number of hydrogen-bond acceptors (Lipinski definition) is 2. The molecule has 0 saturated carbocycles. The Morgan fingerprint density at radius 3 is 1.92 bits per heavy atom. The van der Waals surface area contributed by atoms with Crippen LogP contribution < -0.4 is 9.64 Å². The molecule has 0 N–H and O–H groups in total. The van der Waals surface area contributed by atoms with Crippen LogP contribution >= 0.6 is 0 Å². The molecule has 1 spiro atoms. The smallest absolute Gasteiger partial charge is 0.132 e. The number of allylic oxidation sites excluding steroid dienone is 5. The average Bonchev–Trinajstić information content (AvgIpc) is 3.55. The molecule has 6 aromatic rings. The monoisotopic (exact) mass is 645 g/mol. The first-order valence-electron chi connectivity index (χ1n) is 17.5. The van der Waals surface area contributed by atoms with Crippen LogP contribution in [0, 0.1) is 6.92 Å². The van der Waals surface area contributed by atoms with Crippen LogP contribution in [-0.4, -0.2) is 0 Å². The van der Waals surface area contributed by atoms with Gasteiger partial charge in [-0.05, 0) is 95.3 Å². The van der Waals surface area contributed by atoms with Crippen LogP contribution in [-0.2, 0) is 10.8 Å². The van der Waals surface area contributed by atoms with E-state index >= 15 is 0 Å². The first-order valence-corrected chi connectivity index (χ1v) is 17.5. The SMILES string of the molecule is C=CC1=C(/C=C\C)C(C)(C)c2cc(N(c3ccc(C)cc3)c3cccc4c3C3(c5ccccc5Oc5ccccc53)c3ccccc3-4)ccc21. The van der Waals surface area contributed by atoms with Crippen LogP contribution in [0.5, 0.6) is 11.5 Å². The van der Waals surface area contributed by atoms with E-state index in [9.17, 15) is 0 Å². The van der Waals surface area contributed by atoms with Gasteiger partial charge in [0.05, 0.1) is 11.1 Å². The van der Waals surface area contributed by atoms with Gasteiger partial charge in [-0.1, -0.05) is 135 Å². The molecule has 0 atom stereocenters. The molecule has 0 aromatic heterocycles. The summed E-state index contributed by atoms with van der Waals surface area (Å²) in [6.45, 7) is 13.1. The Hall–Kier alpha value is -5.86. The van der Waals surface area contributed by atoms with Crippen molar-refractivity contribution in [2.45, 2.75) is 38.5 Å². The van der Waals surface area contributed by atoms with Crippen molar-refractivity contribution in [1.82, 2.24) is 0 Å². The van der Waals surface area contributed by atoms with E-state index < -0.39 is 5.41 Å². The van der Waals surface area contributed by atoms with Gasteiger partial charge >= 0.3 is 0 Å². The van der Waals surface area contributed by atoms with Gasteiger partial charge in [0.1, 0.15) is 11.5 Å². The molecular formula is C48H39NO. The van der Waals surface area contributed by atoms with Gasteiger partial charge in [0.15, 0.2) is 0 Å². The van der Waals surface area contributed by atoms with Crippen LogP contribution in [0.1, 0.15) is 59.7 Å². The Kier molecular flexibility index (Phi) is 6.70. The second-order valence-corrected chi connectivity index (χ2v) is 14.1. The zero-order chi connectivity index (χ0) is 34.2. The van der Waals surface area contributed by atoms with E-state index in [1.165, 1.54) is 50.1 Å².